The standard InChI is InChI=1S/C10H18.C8H16.C8H10/c1-9-3-6-10(2,7-4-9)8-5-9;2*1-7-3-5-8(2)6-4-7/h3-8H2,1-2H3;7-8H,3-6H2,1-2H3;3-6H,1-2H3. The molecule has 0 aliphatic heterocycles. The van der Waals surface area contributed by atoms with E-state index in [2.05, 4.69) is 65.8 Å². The van der Waals surface area contributed by atoms with Crippen LogP contribution in [0.15, 0.2) is 24.3 Å². The van der Waals surface area contributed by atoms with Crippen LogP contribution in [0.2, 0.25) is 0 Å². The second kappa shape index (κ2) is 9.43. The number of aryl methyl sites for hydroxylation is 2. The van der Waals surface area contributed by atoms with Crippen LogP contribution in [0.5, 0.6) is 0 Å². The van der Waals surface area contributed by atoms with Gasteiger partial charge in [-0.1, -0.05) is 88.8 Å². The monoisotopic (exact) mass is 356 g/mol. The molecule has 26 heavy (non-hydrogen) atoms. The fraction of sp³-hybridized carbons (Fsp3) is 0.769. The number of hydrogen-bond donors (Lipinski definition) is 0. The van der Waals surface area contributed by atoms with E-state index >= 15 is 0 Å². The third-order valence-electron chi connectivity index (χ3n) is 7.52. The number of rotatable bonds is 0. The first kappa shape index (κ1) is 21.5. The third kappa shape index (κ3) is 7.09. The highest BCUT2D eigenvalue weighted by atomic mass is 14.5. The van der Waals surface area contributed by atoms with Crippen molar-refractivity contribution in [3.63, 3.8) is 0 Å². The fourth-order valence-electron chi connectivity index (χ4n) is 4.62. The van der Waals surface area contributed by atoms with Crippen LogP contribution in [0.4, 0.5) is 0 Å². The predicted octanol–water partition coefficient (Wildman–Crippen LogP) is 8.50. The quantitative estimate of drug-likeness (QED) is 0.437. The van der Waals surface area contributed by atoms with Gasteiger partial charge in [0.2, 0.25) is 0 Å². The summed E-state index contributed by atoms with van der Waals surface area (Å²) < 4.78 is 0. The van der Waals surface area contributed by atoms with Crippen LogP contribution in [0.1, 0.15) is 103 Å². The van der Waals surface area contributed by atoms with E-state index in [4.69, 9.17) is 0 Å². The van der Waals surface area contributed by atoms with E-state index < -0.39 is 0 Å². The van der Waals surface area contributed by atoms with Crippen molar-refractivity contribution in [1.29, 1.82) is 0 Å². The SMILES string of the molecule is CC12CCC(C)(CC1)CC2.CC1CCC(C)CC1.Cc1ccc(C)cc1. The van der Waals surface area contributed by atoms with Crippen LogP contribution in [0.3, 0.4) is 0 Å². The van der Waals surface area contributed by atoms with Crippen LogP contribution in [-0.4, -0.2) is 0 Å². The molecule has 4 aliphatic carbocycles. The molecule has 0 atom stereocenters. The maximum atomic E-state index is 2.48. The Morgan fingerprint density at radius 2 is 0.808 bits per heavy atom. The second-order valence-electron chi connectivity index (χ2n) is 10.6. The van der Waals surface area contributed by atoms with Gasteiger partial charge in [0.05, 0.1) is 0 Å². The molecule has 2 bridgehead atoms. The van der Waals surface area contributed by atoms with Gasteiger partial charge in [-0.15, -0.1) is 0 Å². The lowest BCUT2D eigenvalue weighted by atomic mass is 9.55. The molecular weight excluding hydrogens is 312 g/mol. The summed E-state index contributed by atoms with van der Waals surface area (Å²) in [5, 5.41) is 0. The lowest BCUT2D eigenvalue weighted by molar-refractivity contribution is 0.0164. The fourth-order valence-corrected chi connectivity index (χ4v) is 4.62. The Balaban J connectivity index is 0.000000142. The molecule has 1 aromatic rings. The molecule has 148 valence electrons. The molecule has 0 radical (unpaired) electrons. The third-order valence-corrected chi connectivity index (χ3v) is 7.52. The van der Waals surface area contributed by atoms with Gasteiger partial charge in [-0.25, -0.2) is 0 Å². The van der Waals surface area contributed by atoms with Crippen molar-refractivity contribution in [1.82, 2.24) is 0 Å². The summed E-state index contributed by atoms with van der Waals surface area (Å²) in [7, 11) is 0. The minimum Gasteiger partial charge on any atom is -0.0625 e. The number of fused-ring (bicyclic) bond motifs is 3. The first-order valence-corrected chi connectivity index (χ1v) is 11.2. The highest BCUT2D eigenvalue weighted by Crippen LogP contribution is 2.56. The van der Waals surface area contributed by atoms with Crippen molar-refractivity contribution in [2.75, 3.05) is 0 Å². The molecule has 0 amide bonds. The Morgan fingerprint density at radius 3 is 1.04 bits per heavy atom. The molecule has 0 unspecified atom stereocenters. The van der Waals surface area contributed by atoms with E-state index in [-0.39, 0.29) is 0 Å². The largest absolute Gasteiger partial charge is 0.0625 e. The second-order valence-corrected chi connectivity index (χ2v) is 10.6. The minimum atomic E-state index is 0.762. The molecule has 1 aromatic carbocycles. The Morgan fingerprint density at radius 1 is 0.577 bits per heavy atom. The summed E-state index contributed by atoms with van der Waals surface area (Å²) in [4.78, 5) is 0. The first-order valence-electron chi connectivity index (χ1n) is 11.2. The molecule has 0 heterocycles. The average molecular weight is 357 g/mol. The lowest BCUT2D eigenvalue weighted by Gasteiger charge is -2.50. The molecule has 0 aromatic heterocycles. The maximum absolute atomic E-state index is 2.48. The summed E-state index contributed by atoms with van der Waals surface area (Å²) in [5.74, 6) is 2.04. The molecule has 5 rings (SSSR count). The summed E-state index contributed by atoms with van der Waals surface area (Å²) in [5.41, 5.74) is 4.18. The van der Waals surface area contributed by atoms with Gasteiger partial charge in [0, 0.05) is 0 Å². The molecule has 4 aliphatic rings. The highest BCUT2D eigenvalue weighted by molar-refractivity contribution is 5.19. The average Bonchev–Trinajstić information content (AvgIpc) is 2.63. The minimum absolute atomic E-state index is 0.762. The van der Waals surface area contributed by atoms with Gasteiger partial charge in [0.15, 0.2) is 0 Å². The zero-order valence-corrected chi connectivity index (χ0v) is 18.5. The van der Waals surface area contributed by atoms with Gasteiger partial charge < -0.3 is 0 Å². The Labute approximate surface area is 164 Å². The van der Waals surface area contributed by atoms with Crippen molar-refractivity contribution in [2.24, 2.45) is 22.7 Å². The van der Waals surface area contributed by atoms with Crippen LogP contribution in [-0.2, 0) is 0 Å². The lowest BCUT2D eigenvalue weighted by Crippen LogP contribution is -2.37. The van der Waals surface area contributed by atoms with Gasteiger partial charge in [-0.2, -0.15) is 0 Å². The van der Waals surface area contributed by atoms with Gasteiger partial charge in [0.25, 0.3) is 0 Å². The summed E-state index contributed by atoms with van der Waals surface area (Å²) in [6, 6.07) is 8.48. The summed E-state index contributed by atoms with van der Waals surface area (Å²) >= 11 is 0. The highest BCUT2D eigenvalue weighted by Gasteiger charge is 2.42. The number of benzene rings is 1. The van der Waals surface area contributed by atoms with Crippen molar-refractivity contribution in [2.45, 2.75) is 106 Å². The smallest absolute Gasteiger partial charge is 0.0325 e. The van der Waals surface area contributed by atoms with Crippen molar-refractivity contribution in [3.8, 4) is 0 Å². The predicted molar refractivity (Wildman–Crippen MR) is 117 cm³/mol. The molecule has 4 fully saturated rings. The Kier molecular flexibility index (Phi) is 7.80. The molecular formula is C26H44. The van der Waals surface area contributed by atoms with E-state index in [1.165, 1.54) is 75.3 Å². The molecule has 0 spiro atoms. The van der Waals surface area contributed by atoms with E-state index in [1.54, 1.807) is 0 Å². The van der Waals surface area contributed by atoms with Gasteiger partial charge in [-0.05, 0) is 75.0 Å². The topological polar surface area (TPSA) is 0 Å². The summed E-state index contributed by atoms with van der Waals surface area (Å²) in [6.45, 7) is 13.9. The van der Waals surface area contributed by atoms with Crippen LogP contribution < -0.4 is 0 Å². The van der Waals surface area contributed by atoms with Gasteiger partial charge in [-0.3, -0.25) is 0 Å². The normalized spacial score (nSPS) is 35.6. The van der Waals surface area contributed by atoms with Crippen molar-refractivity contribution >= 4 is 0 Å². The Bertz CT molecular complexity index is 442. The first-order chi connectivity index (χ1) is 12.2. The molecule has 0 saturated heterocycles. The molecule has 4 saturated carbocycles. The maximum Gasteiger partial charge on any atom is -0.0325 e. The zero-order chi connectivity index (χ0) is 19.2. The van der Waals surface area contributed by atoms with E-state index in [1.807, 2.05) is 0 Å². The van der Waals surface area contributed by atoms with Gasteiger partial charge in [0.1, 0.15) is 0 Å². The van der Waals surface area contributed by atoms with E-state index in [0.29, 0.717) is 0 Å². The van der Waals surface area contributed by atoms with Crippen LogP contribution in [0, 0.1) is 36.5 Å². The molecule has 0 N–H and O–H groups in total. The van der Waals surface area contributed by atoms with Crippen molar-refractivity contribution in [3.05, 3.63) is 35.4 Å². The van der Waals surface area contributed by atoms with Crippen LogP contribution >= 0.6 is 0 Å². The number of hydrogen-bond acceptors (Lipinski definition) is 0. The van der Waals surface area contributed by atoms with E-state index in [0.717, 1.165) is 22.7 Å². The van der Waals surface area contributed by atoms with E-state index in [9.17, 15) is 0 Å². The van der Waals surface area contributed by atoms with Gasteiger partial charge >= 0.3 is 0 Å². The van der Waals surface area contributed by atoms with Crippen molar-refractivity contribution < 1.29 is 0 Å². The van der Waals surface area contributed by atoms with Crippen LogP contribution in [0.25, 0.3) is 0 Å². The Hall–Kier alpha value is -0.780. The summed E-state index contributed by atoms with van der Waals surface area (Å²) in [6.07, 6.45) is 14.9. The zero-order valence-electron chi connectivity index (χ0n) is 18.5. The molecule has 0 nitrogen and oxygen atoms in total. The molecule has 0 heteroatoms.